The molecule has 0 radical (unpaired) electrons. The summed E-state index contributed by atoms with van der Waals surface area (Å²) in [6.45, 7) is 4.47. The zero-order valence-corrected chi connectivity index (χ0v) is 20.7. The zero-order valence-electron chi connectivity index (χ0n) is 20.7. The third kappa shape index (κ3) is 6.22. The molecule has 1 unspecified atom stereocenters. The van der Waals surface area contributed by atoms with Crippen molar-refractivity contribution >= 4 is 17.7 Å². The van der Waals surface area contributed by atoms with Crippen molar-refractivity contribution in [2.45, 2.75) is 32.6 Å². The Bertz CT molecular complexity index is 1090. The fourth-order valence-electron chi connectivity index (χ4n) is 4.00. The van der Waals surface area contributed by atoms with Gasteiger partial charge in [-0.15, -0.1) is 0 Å². The van der Waals surface area contributed by atoms with Crippen molar-refractivity contribution in [1.29, 1.82) is 0 Å². The molecule has 0 saturated heterocycles. The molecule has 1 heterocycles. The van der Waals surface area contributed by atoms with Crippen molar-refractivity contribution in [3.8, 4) is 11.5 Å². The Hall–Kier alpha value is -3.86. The molecule has 3 atom stereocenters. The molecule has 1 aliphatic heterocycles. The number of amides is 2. The molecule has 194 valence electrons. The number of carbonyl (C=O) groups excluding carboxylic acids is 1. The molecule has 0 spiro atoms. The number of benzene rings is 2. The van der Waals surface area contributed by atoms with Gasteiger partial charge < -0.3 is 29.1 Å². The number of rotatable bonds is 9. The van der Waals surface area contributed by atoms with E-state index < -0.39 is 23.0 Å². The molecule has 0 aromatic heterocycles. The number of carbonyl (C=O) groups is 2. The lowest BCUT2D eigenvalue weighted by Crippen LogP contribution is -2.50. The molecular weight excluding hydrogens is 470 g/mol. The second-order valence-electron chi connectivity index (χ2n) is 8.88. The van der Waals surface area contributed by atoms with E-state index in [4.69, 9.17) is 14.2 Å². The predicted molar refractivity (Wildman–Crippen MR) is 130 cm³/mol. The van der Waals surface area contributed by atoms with Gasteiger partial charge in [0, 0.05) is 25.6 Å². The maximum absolute atomic E-state index is 13.5. The van der Waals surface area contributed by atoms with Gasteiger partial charge in [0.2, 0.25) is 5.75 Å². The Morgan fingerprint density at radius 2 is 2.00 bits per heavy atom. The number of ether oxygens (including phenoxy) is 3. The second kappa shape index (κ2) is 11.7. The first-order valence-corrected chi connectivity index (χ1v) is 11.5. The summed E-state index contributed by atoms with van der Waals surface area (Å²) in [4.78, 5) is 38.7. The molecule has 0 bridgehead atoms. The first-order chi connectivity index (χ1) is 17.1. The van der Waals surface area contributed by atoms with Crippen LogP contribution in [0.1, 0.15) is 29.8 Å². The molecule has 0 fully saturated rings. The zero-order chi connectivity index (χ0) is 26.4. The average Bonchev–Trinajstić information content (AvgIpc) is 2.85. The van der Waals surface area contributed by atoms with E-state index in [1.807, 2.05) is 38.1 Å². The Morgan fingerprint density at radius 3 is 2.61 bits per heavy atom. The largest absolute Gasteiger partial charge is 0.497 e. The number of nitro groups is 1. The molecule has 1 aliphatic rings. The molecule has 11 heteroatoms. The molecule has 2 amide bonds. The highest BCUT2D eigenvalue weighted by Gasteiger charge is 2.37. The van der Waals surface area contributed by atoms with E-state index in [1.54, 1.807) is 12.0 Å². The number of likely N-dealkylation sites (N-methyl/N-ethyl adjacent to an activating group) is 1. The SMILES string of the molecule is COc1ccc(COCC(C)N2C[C@@H](C)[C@H](CN(C)C(=O)O)Oc3c(cccc3[N+](=O)[O-])C2=O)cc1. The molecule has 3 rings (SSSR count). The van der Waals surface area contributed by atoms with Crippen molar-refractivity contribution in [3.05, 3.63) is 63.7 Å². The fraction of sp³-hybridized carbons (Fsp3) is 0.440. The summed E-state index contributed by atoms with van der Waals surface area (Å²) in [5, 5.41) is 21.0. The summed E-state index contributed by atoms with van der Waals surface area (Å²) in [6.07, 6.45) is -1.86. The van der Waals surface area contributed by atoms with Crippen molar-refractivity contribution < 1.29 is 33.8 Å². The summed E-state index contributed by atoms with van der Waals surface area (Å²) >= 11 is 0. The van der Waals surface area contributed by atoms with Crippen LogP contribution in [0.4, 0.5) is 10.5 Å². The van der Waals surface area contributed by atoms with Crippen LogP contribution in [0.25, 0.3) is 0 Å². The van der Waals surface area contributed by atoms with Gasteiger partial charge in [0.25, 0.3) is 5.91 Å². The predicted octanol–water partition coefficient (Wildman–Crippen LogP) is 3.66. The van der Waals surface area contributed by atoms with Gasteiger partial charge in [-0.1, -0.05) is 25.1 Å². The maximum Gasteiger partial charge on any atom is 0.407 e. The highest BCUT2D eigenvalue weighted by molar-refractivity contribution is 5.98. The van der Waals surface area contributed by atoms with Crippen molar-refractivity contribution in [2.75, 3.05) is 33.9 Å². The van der Waals surface area contributed by atoms with Crippen LogP contribution in [-0.4, -0.2) is 77.8 Å². The monoisotopic (exact) mass is 501 g/mol. The molecule has 36 heavy (non-hydrogen) atoms. The lowest BCUT2D eigenvalue weighted by molar-refractivity contribution is -0.386. The number of hydrogen-bond donors (Lipinski definition) is 1. The minimum absolute atomic E-state index is 0.0215. The number of nitrogens with zero attached hydrogens (tertiary/aromatic N) is 3. The van der Waals surface area contributed by atoms with Gasteiger partial charge in [0.1, 0.15) is 11.9 Å². The Morgan fingerprint density at radius 1 is 1.31 bits per heavy atom. The summed E-state index contributed by atoms with van der Waals surface area (Å²) in [6, 6.07) is 11.3. The van der Waals surface area contributed by atoms with E-state index >= 15 is 0 Å². The summed E-state index contributed by atoms with van der Waals surface area (Å²) < 4.78 is 17.0. The van der Waals surface area contributed by atoms with Crippen LogP contribution in [0.5, 0.6) is 11.5 Å². The standard InChI is InChI=1S/C25H31N3O8/c1-16-12-27(17(2)14-35-15-18-8-10-19(34-4)11-9-18)24(29)20-6-5-7-21(28(32)33)23(20)36-22(16)13-26(3)25(30)31/h5-11,16-17,22H,12-15H2,1-4H3,(H,30,31)/t16-,17?,22+/m1/s1. The van der Waals surface area contributed by atoms with Gasteiger partial charge in [-0.3, -0.25) is 14.9 Å². The topological polar surface area (TPSA) is 132 Å². The van der Waals surface area contributed by atoms with E-state index in [0.29, 0.717) is 6.61 Å². The van der Waals surface area contributed by atoms with Crippen LogP contribution in [0.15, 0.2) is 42.5 Å². The summed E-state index contributed by atoms with van der Waals surface area (Å²) in [5.74, 6) is -0.150. The highest BCUT2D eigenvalue weighted by Crippen LogP contribution is 2.36. The lowest BCUT2D eigenvalue weighted by atomic mass is 9.99. The number of nitro benzene ring substituents is 1. The van der Waals surface area contributed by atoms with Gasteiger partial charge in [-0.25, -0.2) is 4.79 Å². The molecule has 11 nitrogen and oxygen atoms in total. The normalized spacial score (nSPS) is 18.3. The molecule has 2 aromatic rings. The van der Waals surface area contributed by atoms with E-state index in [1.165, 1.54) is 25.2 Å². The van der Waals surface area contributed by atoms with Crippen molar-refractivity contribution in [1.82, 2.24) is 9.80 Å². The van der Waals surface area contributed by atoms with Crippen LogP contribution in [0.2, 0.25) is 0 Å². The Balaban J connectivity index is 1.84. The first kappa shape index (κ1) is 26.7. The smallest absolute Gasteiger partial charge is 0.407 e. The van der Waals surface area contributed by atoms with Gasteiger partial charge in [-0.2, -0.15) is 0 Å². The summed E-state index contributed by atoms with van der Waals surface area (Å²) in [7, 11) is 2.99. The van der Waals surface area contributed by atoms with E-state index in [2.05, 4.69) is 0 Å². The number of methoxy groups -OCH3 is 1. The van der Waals surface area contributed by atoms with Crippen LogP contribution >= 0.6 is 0 Å². The van der Waals surface area contributed by atoms with E-state index in [-0.39, 0.29) is 48.7 Å². The van der Waals surface area contributed by atoms with E-state index in [9.17, 15) is 24.8 Å². The molecule has 0 aliphatic carbocycles. The van der Waals surface area contributed by atoms with Crippen LogP contribution < -0.4 is 9.47 Å². The fourth-order valence-corrected chi connectivity index (χ4v) is 4.00. The Labute approximate surface area is 209 Å². The van der Waals surface area contributed by atoms with E-state index in [0.717, 1.165) is 16.2 Å². The third-order valence-electron chi connectivity index (χ3n) is 6.17. The van der Waals surface area contributed by atoms with Gasteiger partial charge in [0.15, 0.2) is 0 Å². The second-order valence-corrected chi connectivity index (χ2v) is 8.88. The molecule has 1 N–H and O–H groups in total. The lowest BCUT2D eigenvalue weighted by Gasteiger charge is -2.38. The van der Waals surface area contributed by atoms with Crippen LogP contribution in [-0.2, 0) is 11.3 Å². The first-order valence-electron chi connectivity index (χ1n) is 11.5. The number of hydrogen-bond acceptors (Lipinski definition) is 7. The average molecular weight is 502 g/mol. The number of carboxylic acid groups (broad SMARTS) is 1. The Kier molecular flexibility index (Phi) is 8.70. The van der Waals surface area contributed by atoms with Gasteiger partial charge in [0.05, 0.1) is 43.4 Å². The minimum atomic E-state index is -1.15. The van der Waals surface area contributed by atoms with Crippen molar-refractivity contribution in [2.24, 2.45) is 5.92 Å². The van der Waals surface area contributed by atoms with Gasteiger partial charge in [-0.05, 0) is 30.7 Å². The van der Waals surface area contributed by atoms with Crippen molar-refractivity contribution in [3.63, 3.8) is 0 Å². The summed E-state index contributed by atoms with van der Waals surface area (Å²) in [5.41, 5.74) is 0.656. The van der Waals surface area contributed by atoms with Crippen LogP contribution in [0, 0.1) is 16.0 Å². The number of fused-ring (bicyclic) bond motifs is 1. The number of para-hydroxylation sites is 1. The molecule has 0 saturated carbocycles. The van der Waals surface area contributed by atoms with Gasteiger partial charge >= 0.3 is 11.8 Å². The van der Waals surface area contributed by atoms with Crippen LogP contribution in [0.3, 0.4) is 0 Å². The minimum Gasteiger partial charge on any atom is -0.497 e. The quantitative estimate of drug-likeness (QED) is 0.407. The maximum atomic E-state index is 13.5. The highest BCUT2D eigenvalue weighted by atomic mass is 16.6. The third-order valence-corrected chi connectivity index (χ3v) is 6.17. The molecular formula is C25H31N3O8. The molecule has 2 aromatic carbocycles.